The van der Waals surface area contributed by atoms with Crippen LogP contribution in [0.3, 0.4) is 0 Å². The average Bonchev–Trinajstić information content (AvgIpc) is 3.53. The Balaban J connectivity index is 0.000000715. The van der Waals surface area contributed by atoms with E-state index in [-0.39, 0.29) is 42.3 Å². The van der Waals surface area contributed by atoms with Crippen molar-refractivity contribution in [2.45, 2.75) is 61.6 Å². The van der Waals surface area contributed by atoms with Crippen LogP contribution < -0.4 is 5.73 Å². The first-order valence-electron chi connectivity index (χ1n) is 15.7. The molecular weight excluding hydrogens is 710 g/mol. The molecule has 4 N–H and O–H groups in total. The van der Waals surface area contributed by atoms with Crippen molar-refractivity contribution in [1.82, 2.24) is 9.88 Å². The van der Waals surface area contributed by atoms with Crippen molar-refractivity contribution in [2.24, 2.45) is 5.92 Å². The van der Waals surface area contributed by atoms with E-state index in [0.29, 0.717) is 28.8 Å². The number of H-pyrrole nitrogens is 1. The highest BCUT2D eigenvalue weighted by molar-refractivity contribution is 6.07. The lowest BCUT2D eigenvalue weighted by Gasteiger charge is -2.16. The van der Waals surface area contributed by atoms with Crippen molar-refractivity contribution in [2.75, 3.05) is 26.9 Å². The molecule has 0 saturated heterocycles. The van der Waals surface area contributed by atoms with Gasteiger partial charge in [-0.2, -0.15) is 0 Å². The number of aromatic amines is 1. The number of methoxy groups -OCH3 is 1. The molecule has 4 aromatic rings. The number of fused-ring (bicyclic) bond motifs is 1. The highest BCUT2D eigenvalue weighted by Gasteiger charge is 2.25. The number of nitrogens with one attached hydrogen (secondary N) is 1. The highest BCUT2D eigenvalue weighted by atomic mass is 16.6. The summed E-state index contributed by atoms with van der Waals surface area (Å²) in [4.78, 5) is 66.7. The molecule has 0 radical (unpaired) electrons. The molecule has 4 rings (SSSR count). The number of nitrogen functional groups attached to an aromatic ring is 1. The van der Waals surface area contributed by atoms with Crippen molar-refractivity contribution < 1.29 is 39.1 Å². The highest BCUT2D eigenvalue weighted by Crippen LogP contribution is 2.30. The molecule has 1 atom stereocenters. The molecule has 0 bridgehead atoms. The van der Waals surface area contributed by atoms with E-state index >= 15 is 0 Å². The summed E-state index contributed by atoms with van der Waals surface area (Å²) in [5.74, 6) is -1.14. The second kappa shape index (κ2) is 21.2. The third kappa shape index (κ3) is 13.7. The third-order valence-corrected chi connectivity index (χ3v) is 7.60. The Kier molecular flexibility index (Phi) is 18.8. The van der Waals surface area contributed by atoms with E-state index < -0.39 is 42.6 Å². The Morgan fingerprint density at radius 2 is 1.37 bits per heavy atom. The van der Waals surface area contributed by atoms with Crippen LogP contribution in [0, 0.1) is 60.2 Å². The number of nitrogens with zero attached hydrogens (tertiary/aromatic N) is 5. The van der Waals surface area contributed by atoms with Crippen LogP contribution in [0.4, 0.5) is 28.4 Å². The number of carbonyl (C=O) groups is 2. The Labute approximate surface area is 311 Å². The number of nitro groups is 4. The van der Waals surface area contributed by atoms with Gasteiger partial charge in [-0.15, -0.1) is 0 Å². The Morgan fingerprint density at radius 1 is 0.852 bits per heavy atom. The third-order valence-electron chi connectivity index (χ3n) is 7.60. The number of nitro benzene ring substituents is 4. The molecule has 19 heteroatoms. The second-order valence-corrected chi connectivity index (χ2v) is 12.2. The molecule has 294 valence electrons. The minimum absolute atomic E-state index is 0. The molecule has 0 aliphatic carbocycles. The van der Waals surface area contributed by atoms with Gasteiger partial charge in [0.1, 0.15) is 6.23 Å². The van der Waals surface area contributed by atoms with Gasteiger partial charge < -0.3 is 20.6 Å². The molecule has 0 amide bonds. The largest absolute Gasteiger partial charge is 0.478 e. The zero-order valence-electron chi connectivity index (χ0n) is 30.7. The maximum Gasteiger partial charge on any atom is 0.336 e. The van der Waals surface area contributed by atoms with Crippen molar-refractivity contribution in [3.63, 3.8) is 0 Å². The molecule has 0 spiro atoms. The van der Waals surface area contributed by atoms with E-state index in [1.54, 1.807) is 33.2 Å². The number of aromatic nitrogens is 1. The van der Waals surface area contributed by atoms with Crippen molar-refractivity contribution in [3.05, 3.63) is 117 Å². The number of nitrogens with two attached hydrogens (primary N) is 1. The number of rotatable bonds is 10. The molecule has 0 aliphatic heterocycles. The van der Waals surface area contributed by atoms with Crippen LogP contribution in [0.15, 0.2) is 48.7 Å². The van der Waals surface area contributed by atoms with Crippen LogP contribution >= 0.6 is 0 Å². The van der Waals surface area contributed by atoms with Gasteiger partial charge in [0.15, 0.2) is 5.78 Å². The molecule has 0 fully saturated rings. The van der Waals surface area contributed by atoms with Crippen LogP contribution in [0.5, 0.6) is 0 Å². The minimum Gasteiger partial charge on any atom is -0.478 e. The monoisotopic (exact) mass is 757 g/mol. The number of ether oxygens (including phenoxy) is 1. The maximum atomic E-state index is 11.2. The van der Waals surface area contributed by atoms with E-state index in [1.165, 1.54) is 13.0 Å². The van der Waals surface area contributed by atoms with Crippen LogP contribution in [0.25, 0.3) is 10.9 Å². The van der Waals surface area contributed by atoms with Gasteiger partial charge in [-0.25, -0.2) is 4.79 Å². The average molecular weight is 758 g/mol. The number of hydrogen-bond acceptors (Lipinski definition) is 13. The lowest BCUT2D eigenvalue weighted by molar-refractivity contribution is -0.394. The predicted octanol–water partition coefficient (Wildman–Crippen LogP) is 7.65. The zero-order valence-corrected chi connectivity index (χ0v) is 30.7. The molecule has 1 heterocycles. The molecule has 1 aromatic heterocycles. The zero-order chi connectivity index (χ0) is 40.9. The molecule has 0 saturated carbocycles. The van der Waals surface area contributed by atoms with Gasteiger partial charge in [-0.3, -0.25) is 50.2 Å². The van der Waals surface area contributed by atoms with Crippen LogP contribution in [0.1, 0.15) is 72.5 Å². The van der Waals surface area contributed by atoms with Crippen LogP contribution in [0.2, 0.25) is 0 Å². The SMILES string of the molecule is C.CC(=O)c1cc(N)cc2[nH]ccc12.COC(C)N(C)C.Cc1c(C(=O)O)cc([N+](=O)[O-])cc1[N+](=O)[O-].Cc1cc([N+](=O)[O-])cc([N+](=O)[O-])c1CC(C)C. The number of carboxylic acid groups (broad SMARTS) is 1. The summed E-state index contributed by atoms with van der Waals surface area (Å²) in [7, 11) is 5.66. The number of Topliss-reactive ketones (excluding diaryl/α,β-unsaturated/α-hetero) is 1. The quantitative estimate of drug-likeness (QED) is 0.0460. The van der Waals surface area contributed by atoms with E-state index in [4.69, 9.17) is 15.6 Å². The van der Waals surface area contributed by atoms with Gasteiger partial charge in [0, 0.05) is 58.7 Å². The summed E-state index contributed by atoms with van der Waals surface area (Å²) in [6.45, 7) is 10.3. The fraction of sp³-hybridized carbons (Fsp3) is 0.371. The van der Waals surface area contributed by atoms with Gasteiger partial charge in [-0.05, 0) is 77.9 Å². The van der Waals surface area contributed by atoms with Crippen molar-refractivity contribution in [3.8, 4) is 0 Å². The van der Waals surface area contributed by atoms with Gasteiger partial charge in [0.25, 0.3) is 22.7 Å². The summed E-state index contributed by atoms with van der Waals surface area (Å²) < 4.78 is 4.94. The number of anilines is 1. The van der Waals surface area contributed by atoms with Gasteiger partial charge in [-0.1, -0.05) is 21.3 Å². The summed E-state index contributed by atoms with van der Waals surface area (Å²) in [5, 5.41) is 52.2. The number of non-ortho nitro benzene ring substituents is 2. The van der Waals surface area contributed by atoms with Crippen molar-refractivity contribution >= 4 is 51.1 Å². The number of aromatic carboxylic acids is 1. The van der Waals surface area contributed by atoms with E-state index in [1.807, 2.05) is 51.9 Å². The fourth-order valence-electron chi connectivity index (χ4n) is 4.61. The molecule has 3 aromatic carbocycles. The molecule has 19 nitrogen and oxygen atoms in total. The number of hydrogen-bond donors (Lipinski definition) is 3. The Morgan fingerprint density at radius 3 is 1.78 bits per heavy atom. The first-order valence-corrected chi connectivity index (χ1v) is 15.7. The van der Waals surface area contributed by atoms with E-state index in [2.05, 4.69) is 4.98 Å². The molecule has 1 unspecified atom stereocenters. The lowest BCUT2D eigenvalue weighted by atomic mass is 9.96. The normalized spacial score (nSPS) is 10.7. The maximum absolute atomic E-state index is 11.2. The number of carbonyl (C=O) groups excluding carboxylic acids is 1. The fourth-order valence-corrected chi connectivity index (χ4v) is 4.61. The summed E-state index contributed by atoms with van der Waals surface area (Å²) in [6, 6.07) is 9.35. The Bertz CT molecular complexity index is 1960. The smallest absolute Gasteiger partial charge is 0.336 e. The van der Waals surface area contributed by atoms with E-state index in [0.717, 1.165) is 29.1 Å². The first-order chi connectivity index (χ1) is 24.5. The van der Waals surface area contributed by atoms with E-state index in [9.17, 15) is 50.0 Å². The minimum atomic E-state index is -1.44. The van der Waals surface area contributed by atoms with Crippen LogP contribution in [-0.4, -0.2) is 73.9 Å². The second-order valence-electron chi connectivity index (χ2n) is 12.2. The number of carboxylic acids is 1. The summed E-state index contributed by atoms with van der Waals surface area (Å²) >= 11 is 0. The molecular formula is C35H47N7O12. The molecule has 54 heavy (non-hydrogen) atoms. The summed E-state index contributed by atoms with van der Waals surface area (Å²) in [5.41, 5.74) is 6.88. The predicted molar refractivity (Wildman–Crippen MR) is 204 cm³/mol. The van der Waals surface area contributed by atoms with Gasteiger partial charge in [0.05, 0.1) is 37.4 Å². The standard InChI is InChI=1S/C11H14N2O4.C10H10N2O.C8H6N2O6.C5H13NO.CH4/c1-7(2)4-10-8(3)5-9(12(14)15)6-11(10)13(16)17;1-6(13)9-4-7(11)5-10-8(9)2-3-12-10;1-4-6(8(11)12)2-5(9(13)14)3-7(4)10(15)16;1-5(7-4)6(2)3;/h5-7H,4H2,1-3H3;2-5,12H,11H2,1H3;2-3H,1H3,(H,11,12);5H,1-4H3;1H4. The molecule has 0 aliphatic rings. The first kappa shape index (κ1) is 47.7. The number of aryl methyl sites for hydroxylation is 1. The van der Waals surface area contributed by atoms with Crippen molar-refractivity contribution in [1.29, 1.82) is 0 Å². The van der Waals surface area contributed by atoms with Gasteiger partial charge >= 0.3 is 5.97 Å². The number of ketones is 1. The lowest BCUT2D eigenvalue weighted by Crippen LogP contribution is -2.25. The van der Waals surface area contributed by atoms with Gasteiger partial charge in [0.2, 0.25) is 0 Å². The summed E-state index contributed by atoms with van der Waals surface area (Å²) in [6.07, 6.45) is 2.58. The topological polar surface area (TPSA) is 281 Å². The Hall–Kier alpha value is -6.34. The van der Waals surface area contributed by atoms with Crippen LogP contribution in [-0.2, 0) is 11.2 Å². The number of benzene rings is 3.